The molecule has 16 heavy (non-hydrogen) atoms. The predicted molar refractivity (Wildman–Crippen MR) is 55.6 cm³/mol. The molecule has 0 fully saturated rings. The van der Waals surface area contributed by atoms with Crippen LogP contribution in [-0.4, -0.2) is 20.1 Å². The first kappa shape index (κ1) is 12.9. The molecule has 0 atom stereocenters. The minimum atomic E-state index is -5.05. The van der Waals surface area contributed by atoms with Crippen molar-refractivity contribution in [2.24, 2.45) is 0 Å². The Kier molecular flexibility index (Phi) is 3.85. The normalized spacial score (nSPS) is 11.3. The van der Waals surface area contributed by atoms with Crippen LogP contribution in [0.1, 0.15) is 15.9 Å². The maximum Gasteiger partial charge on any atom is 0.482 e. The number of methoxy groups -OCH3 is 1. The largest absolute Gasteiger partial charge is 0.482 e. The summed E-state index contributed by atoms with van der Waals surface area (Å²) in [5, 5.41) is -0.0814. The van der Waals surface area contributed by atoms with Gasteiger partial charge >= 0.3 is 12.9 Å². The van der Waals surface area contributed by atoms with E-state index in [4.69, 9.17) is 11.6 Å². The van der Waals surface area contributed by atoms with E-state index in [1.807, 2.05) is 0 Å². The highest BCUT2D eigenvalue weighted by Gasteiger charge is 2.27. The van der Waals surface area contributed by atoms with E-state index in [1.54, 1.807) is 0 Å². The Hall–Kier alpha value is -1.17. The number of halogens is 4. The minimum Gasteiger partial charge on any atom is -0.465 e. The van der Waals surface area contributed by atoms with Crippen molar-refractivity contribution in [1.82, 2.24) is 0 Å². The van der Waals surface area contributed by atoms with Crippen molar-refractivity contribution < 1.29 is 22.5 Å². The Balaban J connectivity index is 3.19. The lowest BCUT2D eigenvalue weighted by molar-refractivity contribution is 0.0600. The number of benzene rings is 1. The second kappa shape index (κ2) is 4.78. The highest BCUT2D eigenvalue weighted by atomic mass is 35.5. The summed E-state index contributed by atoms with van der Waals surface area (Å²) in [5.74, 6) is -0.822. The molecule has 0 N–H and O–H groups in total. The third-order valence-electron chi connectivity index (χ3n) is 1.96. The fourth-order valence-electron chi connectivity index (χ4n) is 1.30. The highest BCUT2D eigenvalue weighted by molar-refractivity contribution is 6.58. The number of carbonyl (C=O) groups is 1. The lowest BCUT2D eigenvalue weighted by atomic mass is 9.80. The topological polar surface area (TPSA) is 26.3 Å². The van der Waals surface area contributed by atoms with Gasteiger partial charge in [0.15, 0.2) is 0 Å². The first-order valence-electron chi connectivity index (χ1n) is 4.42. The van der Waals surface area contributed by atoms with E-state index >= 15 is 0 Å². The Bertz CT molecular complexity index is 406. The lowest BCUT2D eigenvalue weighted by Crippen LogP contribution is -2.22. The van der Waals surface area contributed by atoms with Gasteiger partial charge in [0.2, 0.25) is 0 Å². The summed E-state index contributed by atoms with van der Waals surface area (Å²) in [6, 6.07) is 3.97. The van der Waals surface area contributed by atoms with Crippen LogP contribution in [0.25, 0.3) is 0 Å². The number of hydrogen-bond acceptors (Lipinski definition) is 2. The summed E-state index contributed by atoms with van der Waals surface area (Å²) in [6.45, 7) is -5.05. The van der Waals surface area contributed by atoms with Crippen LogP contribution in [0, 0.1) is 0 Å². The van der Waals surface area contributed by atoms with Crippen molar-refractivity contribution in [1.29, 1.82) is 0 Å². The smallest absolute Gasteiger partial charge is 0.465 e. The number of rotatable bonds is 3. The van der Waals surface area contributed by atoms with Gasteiger partial charge in [-0.25, -0.2) is 4.79 Å². The summed E-state index contributed by atoms with van der Waals surface area (Å²) < 4.78 is 41.3. The van der Waals surface area contributed by atoms with Crippen LogP contribution in [0.5, 0.6) is 0 Å². The molecular weight excluding hydrogens is 243 g/mol. The fraction of sp³-hybridized carbons (Fsp3) is 0.222. The molecular formula is C9H8BClF3O2-. The fourth-order valence-corrected chi connectivity index (χ4v) is 1.55. The summed E-state index contributed by atoms with van der Waals surface area (Å²) in [7, 11) is 1.10. The van der Waals surface area contributed by atoms with Crippen LogP contribution >= 0.6 is 11.6 Å². The van der Waals surface area contributed by atoms with Gasteiger partial charge in [0, 0.05) is 5.02 Å². The summed E-state index contributed by atoms with van der Waals surface area (Å²) >= 11 is 5.64. The molecule has 0 aliphatic heterocycles. The van der Waals surface area contributed by atoms with Crippen molar-refractivity contribution in [3.8, 4) is 0 Å². The molecule has 7 heteroatoms. The summed E-state index contributed by atoms with van der Waals surface area (Å²) in [6.07, 6.45) is -1.19. The van der Waals surface area contributed by atoms with Crippen molar-refractivity contribution in [2.45, 2.75) is 6.32 Å². The molecule has 0 aromatic heterocycles. The third kappa shape index (κ3) is 3.16. The molecule has 1 rings (SSSR count). The quantitative estimate of drug-likeness (QED) is 0.609. The second-order valence-electron chi connectivity index (χ2n) is 3.17. The van der Waals surface area contributed by atoms with Crippen LogP contribution in [0.2, 0.25) is 5.02 Å². The standard InChI is InChI=1S/C9H8BClF3O2/c1-16-9(15)6-3-2-4-8(11)7(6)5-10(12,13)14/h2-4H,5H2,1H3/q-1. The van der Waals surface area contributed by atoms with Crippen molar-refractivity contribution in [2.75, 3.05) is 7.11 Å². The Morgan fingerprint density at radius 3 is 2.56 bits per heavy atom. The van der Waals surface area contributed by atoms with Crippen molar-refractivity contribution in [3.05, 3.63) is 34.3 Å². The molecule has 0 radical (unpaired) electrons. The Labute approximate surface area is 95.4 Å². The van der Waals surface area contributed by atoms with Crippen LogP contribution in [0.15, 0.2) is 18.2 Å². The second-order valence-corrected chi connectivity index (χ2v) is 3.58. The molecule has 1 aromatic rings. The SMILES string of the molecule is COC(=O)c1cccc(Cl)c1C[B-](F)(F)F. The Morgan fingerprint density at radius 2 is 2.06 bits per heavy atom. The van der Waals surface area contributed by atoms with Crippen LogP contribution in [-0.2, 0) is 11.1 Å². The predicted octanol–water partition coefficient (Wildman–Crippen LogP) is 3.06. The van der Waals surface area contributed by atoms with Gasteiger partial charge in [0.05, 0.1) is 12.7 Å². The zero-order valence-corrected chi connectivity index (χ0v) is 9.10. The molecule has 1 aromatic carbocycles. The van der Waals surface area contributed by atoms with E-state index in [0.717, 1.165) is 7.11 Å². The number of esters is 1. The van der Waals surface area contributed by atoms with E-state index in [0.29, 0.717) is 0 Å². The molecule has 0 unspecified atom stereocenters. The third-order valence-corrected chi connectivity index (χ3v) is 2.31. The average Bonchev–Trinajstić information content (AvgIpc) is 2.18. The molecule has 0 amide bonds. The van der Waals surface area contributed by atoms with Crippen molar-refractivity contribution >= 4 is 24.5 Å². The zero-order chi connectivity index (χ0) is 12.3. The van der Waals surface area contributed by atoms with Crippen LogP contribution in [0.4, 0.5) is 12.9 Å². The number of hydrogen-bond donors (Lipinski definition) is 0. The average molecular weight is 251 g/mol. The molecule has 0 spiro atoms. The van der Waals surface area contributed by atoms with Gasteiger partial charge in [-0.2, -0.15) is 0 Å². The van der Waals surface area contributed by atoms with Gasteiger partial charge in [-0.15, -0.1) is 0 Å². The minimum absolute atomic E-state index is 0.0814. The summed E-state index contributed by atoms with van der Waals surface area (Å²) in [5.41, 5.74) is -0.377. The van der Waals surface area contributed by atoms with Crippen LogP contribution in [0.3, 0.4) is 0 Å². The molecule has 2 nitrogen and oxygen atoms in total. The van der Waals surface area contributed by atoms with Crippen LogP contribution < -0.4 is 0 Å². The van der Waals surface area contributed by atoms with Gasteiger partial charge in [0.25, 0.3) is 0 Å². The molecule has 0 heterocycles. The van der Waals surface area contributed by atoms with Gasteiger partial charge < -0.3 is 17.7 Å². The maximum absolute atomic E-state index is 12.3. The molecule has 0 saturated heterocycles. The van der Waals surface area contributed by atoms with E-state index in [-0.39, 0.29) is 16.1 Å². The lowest BCUT2D eigenvalue weighted by Gasteiger charge is -2.17. The van der Waals surface area contributed by atoms with Gasteiger partial charge in [-0.05, 0) is 17.7 Å². The van der Waals surface area contributed by atoms with E-state index < -0.39 is 19.3 Å². The van der Waals surface area contributed by atoms with E-state index in [1.165, 1.54) is 18.2 Å². The maximum atomic E-state index is 12.3. The van der Waals surface area contributed by atoms with Gasteiger partial charge in [-0.3, -0.25) is 0 Å². The molecule has 0 aliphatic carbocycles. The molecule has 0 saturated carbocycles. The van der Waals surface area contributed by atoms with Gasteiger partial charge in [-0.1, -0.05) is 24.0 Å². The number of ether oxygens (including phenoxy) is 1. The number of carbonyl (C=O) groups excluding carboxylic acids is 1. The van der Waals surface area contributed by atoms with Gasteiger partial charge in [0.1, 0.15) is 0 Å². The molecule has 88 valence electrons. The first-order chi connectivity index (χ1) is 7.35. The van der Waals surface area contributed by atoms with Crippen molar-refractivity contribution in [3.63, 3.8) is 0 Å². The Morgan fingerprint density at radius 1 is 1.44 bits per heavy atom. The van der Waals surface area contributed by atoms with E-state index in [9.17, 15) is 17.7 Å². The highest BCUT2D eigenvalue weighted by Crippen LogP contribution is 2.26. The monoisotopic (exact) mass is 251 g/mol. The summed E-state index contributed by atoms with van der Waals surface area (Å²) in [4.78, 5) is 11.2. The van der Waals surface area contributed by atoms with E-state index in [2.05, 4.69) is 4.74 Å². The molecule has 0 bridgehead atoms. The zero-order valence-electron chi connectivity index (χ0n) is 8.34. The first-order valence-corrected chi connectivity index (χ1v) is 4.79. The molecule has 0 aliphatic rings.